The zero-order valence-corrected chi connectivity index (χ0v) is 10.6. The molecule has 1 aromatic carbocycles. The molecular formula is C12H9ClN2O4. The molecule has 2 aromatic rings. The second-order valence-corrected chi connectivity index (χ2v) is 3.92. The molecule has 6 nitrogen and oxygen atoms in total. The molecule has 0 aliphatic rings. The van der Waals surface area contributed by atoms with Crippen molar-refractivity contribution in [1.29, 1.82) is 0 Å². The lowest BCUT2D eigenvalue weighted by Gasteiger charge is -2.07. The second kappa shape index (κ2) is 5.53. The van der Waals surface area contributed by atoms with Gasteiger partial charge in [-0.3, -0.25) is 4.79 Å². The number of hydrogen-bond donors (Lipinski definition) is 1. The van der Waals surface area contributed by atoms with Crippen molar-refractivity contribution in [2.45, 2.75) is 0 Å². The van der Waals surface area contributed by atoms with Crippen molar-refractivity contribution >= 4 is 29.2 Å². The molecule has 1 aromatic heterocycles. The average molecular weight is 281 g/mol. The average Bonchev–Trinajstić information content (AvgIpc) is 2.94. The fourth-order valence-corrected chi connectivity index (χ4v) is 1.55. The molecule has 1 N–H and O–H groups in total. The Morgan fingerprint density at radius 3 is 2.79 bits per heavy atom. The van der Waals surface area contributed by atoms with Gasteiger partial charge in [-0.05, 0) is 18.2 Å². The Labute approximate surface area is 113 Å². The quantitative estimate of drug-likeness (QED) is 0.873. The molecule has 0 aliphatic heterocycles. The van der Waals surface area contributed by atoms with Gasteiger partial charge in [-0.15, -0.1) is 0 Å². The molecule has 0 fully saturated rings. The molecule has 0 saturated carbocycles. The highest BCUT2D eigenvalue weighted by Crippen LogP contribution is 2.24. The number of amides is 1. The van der Waals surface area contributed by atoms with E-state index >= 15 is 0 Å². The SMILES string of the molecule is COC(=O)c1ccc(Cl)c(NC(=O)c2ccno2)c1. The maximum atomic E-state index is 11.8. The first-order valence-corrected chi connectivity index (χ1v) is 5.59. The van der Waals surface area contributed by atoms with Gasteiger partial charge in [0.05, 0.1) is 29.6 Å². The van der Waals surface area contributed by atoms with Crippen LogP contribution >= 0.6 is 11.6 Å². The van der Waals surface area contributed by atoms with E-state index in [4.69, 9.17) is 16.1 Å². The van der Waals surface area contributed by atoms with Gasteiger partial charge in [0.25, 0.3) is 5.91 Å². The third-order valence-corrected chi connectivity index (χ3v) is 2.63. The number of rotatable bonds is 3. The van der Waals surface area contributed by atoms with Crippen LogP contribution < -0.4 is 5.32 Å². The summed E-state index contributed by atoms with van der Waals surface area (Å²) < 4.78 is 9.29. The number of aromatic nitrogens is 1. The molecule has 19 heavy (non-hydrogen) atoms. The zero-order valence-electron chi connectivity index (χ0n) is 9.84. The Hall–Kier alpha value is -2.34. The molecule has 0 unspecified atom stereocenters. The van der Waals surface area contributed by atoms with E-state index in [1.54, 1.807) is 0 Å². The summed E-state index contributed by atoms with van der Waals surface area (Å²) in [5, 5.41) is 6.24. The molecule has 0 atom stereocenters. The molecule has 0 spiro atoms. The van der Waals surface area contributed by atoms with E-state index < -0.39 is 11.9 Å². The van der Waals surface area contributed by atoms with Crippen LogP contribution in [0.15, 0.2) is 35.0 Å². The maximum Gasteiger partial charge on any atom is 0.337 e. The molecular weight excluding hydrogens is 272 g/mol. The molecule has 2 rings (SSSR count). The smallest absolute Gasteiger partial charge is 0.337 e. The van der Waals surface area contributed by atoms with Crippen molar-refractivity contribution in [3.63, 3.8) is 0 Å². The van der Waals surface area contributed by atoms with Crippen LogP contribution in [0.2, 0.25) is 5.02 Å². The van der Waals surface area contributed by atoms with Gasteiger partial charge >= 0.3 is 5.97 Å². The summed E-state index contributed by atoms with van der Waals surface area (Å²) in [6.07, 6.45) is 1.35. The molecule has 98 valence electrons. The fraction of sp³-hybridized carbons (Fsp3) is 0.0833. The van der Waals surface area contributed by atoms with Crippen LogP contribution in [-0.2, 0) is 4.74 Å². The van der Waals surface area contributed by atoms with Crippen LogP contribution in [0.1, 0.15) is 20.9 Å². The molecule has 0 saturated heterocycles. The van der Waals surface area contributed by atoms with Crippen LogP contribution in [-0.4, -0.2) is 24.1 Å². The number of benzene rings is 1. The van der Waals surface area contributed by atoms with Gasteiger partial charge in [-0.25, -0.2) is 4.79 Å². The minimum atomic E-state index is -0.521. The number of carbonyl (C=O) groups excluding carboxylic acids is 2. The van der Waals surface area contributed by atoms with Crippen LogP contribution in [0, 0.1) is 0 Å². The first-order chi connectivity index (χ1) is 9.11. The van der Waals surface area contributed by atoms with Gasteiger partial charge < -0.3 is 14.6 Å². The molecule has 0 radical (unpaired) electrons. The minimum absolute atomic E-state index is 0.0412. The number of methoxy groups -OCH3 is 1. The molecule has 1 amide bonds. The van der Waals surface area contributed by atoms with Crippen molar-refractivity contribution in [1.82, 2.24) is 5.16 Å². The van der Waals surface area contributed by atoms with Crippen molar-refractivity contribution < 1.29 is 18.8 Å². The largest absolute Gasteiger partial charge is 0.465 e. The Balaban J connectivity index is 2.24. The van der Waals surface area contributed by atoms with Gasteiger partial charge in [0.15, 0.2) is 0 Å². The van der Waals surface area contributed by atoms with Crippen LogP contribution in [0.4, 0.5) is 5.69 Å². The highest BCUT2D eigenvalue weighted by molar-refractivity contribution is 6.34. The second-order valence-electron chi connectivity index (χ2n) is 3.52. The lowest BCUT2D eigenvalue weighted by molar-refractivity contribution is 0.0600. The minimum Gasteiger partial charge on any atom is -0.465 e. The maximum absolute atomic E-state index is 11.8. The number of hydrogen-bond acceptors (Lipinski definition) is 5. The number of esters is 1. The third kappa shape index (κ3) is 2.92. The van der Waals surface area contributed by atoms with E-state index in [0.717, 1.165) is 0 Å². The van der Waals surface area contributed by atoms with Crippen molar-refractivity contribution in [3.05, 3.63) is 46.8 Å². The van der Waals surface area contributed by atoms with Gasteiger partial charge in [-0.1, -0.05) is 16.8 Å². The Kier molecular flexibility index (Phi) is 3.82. The topological polar surface area (TPSA) is 81.4 Å². The summed E-state index contributed by atoms with van der Waals surface area (Å²) in [6.45, 7) is 0. The standard InChI is InChI=1S/C12H9ClN2O4/c1-18-12(17)7-2-3-8(13)9(6-7)15-11(16)10-4-5-14-19-10/h2-6H,1H3,(H,15,16). The highest BCUT2D eigenvalue weighted by Gasteiger charge is 2.14. The first-order valence-electron chi connectivity index (χ1n) is 5.21. The van der Waals surface area contributed by atoms with E-state index in [1.165, 1.54) is 37.6 Å². The molecule has 0 aliphatic carbocycles. The van der Waals surface area contributed by atoms with E-state index in [2.05, 4.69) is 15.2 Å². The monoisotopic (exact) mass is 280 g/mol. The van der Waals surface area contributed by atoms with Crippen LogP contribution in [0.5, 0.6) is 0 Å². The summed E-state index contributed by atoms with van der Waals surface area (Å²) in [6, 6.07) is 5.82. The Bertz CT molecular complexity index is 610. The van der Waals surface area contributed by atoms with E-state index in [9.17, 15) is 9.59 Å². The number of halogens is 1. The number of nitrogens with one attached hydrogen (secondary N) is 1. The predicted molar refractivity (Wildman–Crippen MR) is 67.2 cm³/mol. The summed E-state index contributed by atoms with van der Waals surface area (Å²) in [7, 11) is 1.27. The number of ether oxygens (including phenoxy) is 1. The summed E-state index contributed by atoms with van der Waals surface area (Å²) in [5.41, 5.74) is 0.561. The van der Waals surface area contributed by atoms with E-state index in [0.29, 0.717) is 5.02 Å². The van der Waals surface area contributed by atoms with Crippen molar-refractivity contribution in [2.24, 2.45) is 0 Å². The lowest BCUT2D eigenvalue weighted by Crippen LogP contribution is -2.12. The van der Waals surface area contributed by atoms with Gasteiger partial charge in [0.2, 0.25) is 5.76 Å². The number of anilines is 1. The molecule has 1 heterocycles. The molecule has 7 heteroatoms. The number of carbonyl (C=O) groups is 2. The van der Waals surface area contributed by atoms with E-state index in [-0.39, 0.29) is 17.0 Å². The number of nitrogens with zero attached hydrogens (tertiary/aromatic N) is 1. The predicted octanol–water partition coefficient (Wildman–Crippen LogP) is 2.37. The Morgan fingerprint density at radius 2 is 2.16 bits per heavy atom. The lowest BCUT2D eigenvalue weighted by atomic mass is 10.2. The molecule has 0 bridgehead atoms. The van der Waals surface area contributed by atoms with Crippen LogP contribution in [0.25, 0.3) is 0 Å². The van der Waals surface area contributed by atoms with Gasteiger partial charge in [-0.2, -0.15) is 0 Å². The summed E-state index contributed by atoms with van der Waals surface area (Å²) >= 11 is 5.94. The fourth-order valence-electron chi connectivity index (χ4n) is 1.38. The van der Waals surface area contributed by atoms with E-state index in [1.807, 2.05) is 0 Å². The van der Waals surface area contributed by atoms with Crippen molar-refractivity contribution in [3.8, 4) is 0 Å². The Morgan fingerprint density at radius 1 is 1.37 bits per heavy atom. The highest BCUT2D eigenvalue weighted by atomic mass is 35.5. The summed E-state index contributed by atoms with van der Waals surface area (Å²) in [4.78, 5) is 23.1. The van der Waals surface area contributed by atoms with Crippen LogP contribution in [0.3, 0.4) is 0 Å². The summed E-state index contributed by atoms with van der Waals surface area (Å²) in [5.74, 6) is -0.993. The zero-order chi connectivity index (χ0) is 13.8. The van der Waals surface area contributed by atoms with Gasteiger partial charge in [0.1, 0.15) is 0 Å². The normalized spacial score (nSPS) is 10.0. The van der Waals surface area contributed by atoms with Crippen molar-refractivity contribution in [2.75, 3.05) is 12.4 Å². The third-order valence-electron chi connectivity index (χ3n) is 2.30. The first kappa shape index (κ1) is 13.1. The van der Waals surface area contributed by atoms with Gasteiger partial charge in [0, 0.05) is 6.07 Å².